The zero-order chi connectivity index (χ0) is 4.24. The van der Waals surface area contributed by atoms with Crippen LogP contribution in [0.5, 0.6) is 0 Å². The lowest BCUT2D eigenvalue weighted by Gasteiger charge is -1.64. The van der Waals surface area contributed by atoms with E-state index in [-0.39, 0.29) is 0 Å². The number of hydrogen-bond acceptors (Lipinski definition) is 1. The number of nitrogens with zero attached hydrogens (tertiary/aromatic N) is 1. The first-order valence-electron chi connectivity index (χ1n) is 1.45. The van der Waals surface area contributed by atoms with Crippen LogP contribution in [0, 0.1) is 30.6 Å². The zero-order valence-corrected chi connectivity index (χ0v) is 2.95. The van der Waals surface area contributed by atoms with Crippen molar-refractivity contribution in [1.82, 2.24) is 4.98 Å². The average molecular weight is 74.1 g/mol. The van der Waals surface area contributed by atoms with Crippen molar-refractivity contribution in [2.45, 2.75) is 0 Å². The fourth-order valence-corrected chi connectivity index (χ4v) is 0.171. The topological polar surface area (TPSA) is 12.9 Å². The third-order valence-electron chi connectivity index (χ3n) is 0.349. The van der Waals surface area contributed by atoms with Crippen LogP contribution in [-0.2, 0) is 0 Å². The molecule has 0 atom stereocenters. The normalized spacial score (nSPS) is 8.00. The molecule has 5 radical (unpaired) electrons. The molecule has 25 valence electrons. The van der Waals surface area contributed by atoms with E-state index < -0.39 is 0 Å². The van der Waals surface area contributed by atoms with Gasteiger partial charge in [0.25, 0.3) is 0 Å². The van der Waals surface area contributed by atoms with Gasteiger partial charge in [0.15, 0.2) is 0 Å². The molecule has 0 saturated carbocycles. The molecule has 1 aromatic heterocycles. The molecule has 0 aromatic carbocycles. The van der Waals surface area contributed by atoms with Crippen molar-refractivity contribution in [3.05, 3.63) is 30.6 Å². The van der Waals surface area contributed by atoms with Crippen molar-refractivity contribution in [1.29, 1.82) is 0 Å². The quantitative estimate of drug-likeness (QED) is 0.424. The van der Waals surface area contributed by atoms with Gasteiger partial charge in [0.2, 0.25) is 0 Å². The summed E-state index contributed by atoms with van der Waals surface area (Å²) in [4.78, 5) is 3.39. The highest BCUT2D eigenvalue weighted by atomic mass is 14.6. The van der Waals surface area contributed by atoms with Gasteiger partial charge >= 0.3 is 0 Å². The van der Waals surface area contributed by atoms with Crippen LogP contribution in [0.25, 0.3) is 0 Å². The van der Waals surface area contributed by atoms with Gasteiger partial charge in [0, 0.05) is 18.2 Å². The van der Waals surface area contributed by atoms with Crippen LogP contribution in [0.1, 0.15) is 0 Å². The second kappa shape index (κ2) is 1.55. The molecule has 0 bridgehead atoms. The number of aromatic nitrogens is 1. The van der Waals surface area contributed by atoms with Crippen molar-refractivity contribution >= 4 is 0 Å². The maximum Gasteiger partial charge on any atom is 0.0987 e. The summed E-state index contributed by atoms with van der Waals surface area (Å²) < 4.78 is 0. The smallest absolute Gasteiger partial charge is 0.0987 e. The zero-order valence-electron chi connectivity index (χ0n) is 2.95. The molecular weight excluding hydrogens is 74.1 g/mol. The first kappa shape index (κ1) is 3.34. The highest BCUT2D eigenvalue weighted by molar-refractivity contribution is 4.78. The Morgan fingerprint density at radius 1 is 0.833 bits per heavy atom. The van der Waals surface area contributed by atoms with Crippen LogP contribution in [-0.4, -0.2) is 4.98 Å². The molecule has 1 aromatic rings. The lowest BCUT2D eigenvalue weighted by molar-refractivity contribution is 1.28. The van der Waals surface area contributed by atoms with Gasteiger partial charge in [-0.2, -0.15) is 0 Å². The second-order valence-electron chi connectivity index (χ2n) is 0.710. The molecule has 0 fully saturated rings. The Morgan fingerprint density at radius 3 is 1.67 bits per heavy atom. The summed E-state index contributed by atoms with van der Waals surface area (Å²) in [5.41, 5.74) is 0. The third-order valence-corrected chi connectivity index (χ3v) is 0.349. The van der Waals surface area contributed by atoms with Gasteiger partial charge in [0.05, 0.1) is 12.4 Å². The van der Waals surface area contributed by atoms with Crippen LogP contribution in [0.4, 0.5) is 0 Å². The maximum atomic E-state index is 3.39. The fraction of sp³-hybridized carbons (Fsp3) is 0. The van der Waals surface area contributed by atoms with Crippen LogP contribution < -0.4 is 0 Å². The Balaban J connectivity index is 3.00. The Hall–Kier alpha value is -0.850. The van der Waals surface area contributed by atoms with Gasteiger partial charge in [-0.3, -0.25) is 0 Å². The average Bonchev–Trinajstić information content (AvgIpc) is 1.72. The summed E-state index contributed by atoms with van der Waals surface area (Å²) in [7, 11) is 0. The molecule has 0 aliphatic carbocycles. The molecule has 1 heteroatoms. The lowest BCUT2D eigenvalue weighted by Crippen LogP contribution is -1.64. The summed E-state index contributed by atoms with van der Waals surface area (Å²) in [6.45, 7) is 0. The summed E-state index contributed by atoms with van der Waals surface area (Å²) in [6.07, 6.45) is 4.75. The van der Waals surface area contributed by atoms with E-state index in [1.807, 2.05) is 0 Å². The predicted molar refractivity (Wildman–Crippen MR) is 18.4 cm³/mol. The number of rotatable bonds is 0. The molecule has 0 aliphatic rings. The van der Waals surface area contributed by atoms with Crippen LogP contribution in [0.2, 0.25) is 0 Å². The van der Waals surface area contributed by atoms with Crippen LogP contribution >= 0.6 is 0 Å². The van der Waals surface area contributed by atoms with Gasteiger partial charge in [-0.15, -0.1) is 0 Å². The summed E-state index contributed by atoms with van der Waals surface area (Å²) in [5.74, 6) is 0. The van der Waals surface area contributed by atoms with Crippen LogP contribution in [0.3, 0.4) is 0 Å². The molecule has 6 heavy (non-hydrogen) atoms. The predicted octanol–water partition coefficient (Wildman–Crippen LogP) is 0.0825. The Bertz CT molecular complexity index is 75.9. The SMILES string of the molecule is [c]1[c][c]n[c][c]1. The number of hydrogen-bond donors (Lipinski definition) is 0. The van der Waals surface area contributed by atoms with Crippen molar-refractivity contribution < 1.29 is 0 Å². The van der Waals surface area contributed by atoms with E-state index in [4.69, 9.17) is 0 Å². The molecule has 1 rings (SSSR count). The monoisotopic (exact) mass is 74.0 g/mol. The summed E-state index contributed by atoms with van der Waals surface area (Å²) in [6, 6.07) is 7.36. The standard InChI is InChI=1S/C5N/c1-2-4-6-5-3-1. The van der Waals surface area contributed by atoms with Gasteiger partial charge in [-0.25, -0.2) is 4.98 Å². The Kier molecular flexibility index (Phi) is 0.865. The van der Waals surface area contributed by atoms with Crippen molar-refractivity contribution in [3.8, 4) is 0 Å². The highest BCUT2D eigenvalue weighted by Crippen LogP contribution is 1.66. The van der Waals surface area contributed by atoms with E-state index in [0.717, 1.165) is 0 Å². The Labute approximate surface area is 36.7 Å². The third kappa shape index (κ3) is 0.549. The minimum Gasteiger partial charge on any atom is -0.243 e. The molecule has 1 nitrogen and oxygen atoms in total. The number of pyridine rings is 1. The van der Waals surface area contributed by atoms with Crippen molar-refractivity contribution in [3.63, 3.8) is 0 Å². The fourth-order valence-electron chi connectivity index (χ4n) is 0.171. The molecule has 0 aliphatic heterocycles. The van der Waals surface area contributed by atoms with E-state index in [0.29, 0.717) is 0 Å². The van der Waals surface area contributed by atoms with Gasteiger partial charge < -0.3 is 0 Å². The lowest BCUT2D eigenvalue weighted by atomic mass is 10.5. The van der Waals surface area contributed by atoms with Crippen molar-refractivity contribution in [2.75, 3.05) is 0 Å². The molecular formula is C5N. The highest BCUT2D eigenvalue weighted by Gasteiger charge is 1.64. The van der Waals surface area contributed by atoms with Gasteiger partial charge in [-0.05, 0) is 0 Å². The van der Waals surface area contributed by atoms with E-state index in [1.165, 1.54) is 0 Å². The van der Waals surface area contributed by atoms with E-state index in [1.54, 1.807) is 0 Å². The molecule has 0 unspecified atom stereocenters. The van der Waals surface area contributed by atoms with Gasteiger partial charge in [0.1, 0.15) is 0 Å². The van der Waals surface area contributed by atoms with E-state index in [2.05, 4.69) is 35.6 Å². The van der Waals surface area contributed by atoms with E-state index in [9.17, 15) is 0 Å². The first-order valence-corrected chi connectivity index (χ1v) is 1.45. The Morgan fingerprint density at radius 2 is 1.50 bits per heavy atom. The summed E-state index contributed by atoms with van der Waals surface area (Å²) >= 11 is 0. The van der Waals surface area contributed by atoms with Crippen molar-refractivity contribution in [2.24, 2.45) is 0 Å². The van der Waals surface area contributed by atoms with Gasteiger partial charge in [-0.1, -0.05) is 0 Å². The molecule has 0 saturated heterocycles. The molecule has 0 amide bonds. The maximum absolute atomic E-state index is 3.39. The van der Waals surface area contributed by atoms with E-state index >= 15 is 0 Å². The molecule has 1 heterocycles. The molecule has 0 spiro atoms. The minimum absolute atomic E-state index is 2.38. The summed E-state index contributed by atoms with van der Waals surface area (Å²) in [5, 5.41) is 0. The molecule has 0 N–H and O–H groups in total. The second-order valence-corrected chi connectivity index (χ2v) is 0.710. The largest absolute Gasteiger partial charge is 0.243 e. The minimum atomic E-state index is 2.38. The first-order chi connectivity index (χ1) is 3.00. The van der Waals surface area contributed by atoms with Crippen LogP contribution in [0.15, 0.2) is 0 Å².